The first kappa shape index (κ1) is 17.7. The molecule has 1 heterocycles. The second-order valence-corrected chi connectivity index (χ2v) is 6.02. The molecule has 0 unspecified atom stereocenters. The molecular formula is C21H21NO4. The van der Waals surface area contributed by atoms with Gasteiger partial charge in [0.15, 0.2) is 11.6 Å². The molecule has 0 saturated carbocycles. The monoisotopic (exact) mass is 351 g/mol. The fourth-order valence-corrected chi connectivity index (χ4v) is 2.75. The van der Waals surface area contributed by atoms with Crippen molar-refractivity contribution in [2.75, 3.05) is 14.2 Å². The van der Waals surface area contributed by atoms with Crippen LogP contribution in [0.2, 0.25) is 0 Å². The zero-order valence-corrected chi connectivity index (χ0v) is 15.1. The number of rotatable bonds is 6. The minimum atomic E-state index is -0.436. The molecule has 0 spiro atoms. The molecule has 1 aliphatic heterocycles. The molecule has 0 radical (unpaired) electrons. The number of carbonyl (C=O) groups is 1. The van der Waals surface area contributed by atoms with Crippen molar-refractivity contribution in [1.29, 1.82) is 0 Å². The van der Waals surface area contributed by atoms with Gasteiger partial charge in [-0.15, -0.1) is 0 Å². The third kappa shape index (κ3) is 4.11. The molecule has 1 aliphatic rings. The smallest absolute Gasteiger partial charge is 0.363 e. The molecule has 26 heavy (non-hydrogen) atoms. The zero-order valence-electron chi connectivity index (χ0n) is 15.1. The fourth-order valence-electron chi connectivity index (χ4n) is 2.75. The Kier molecular flexibility index (Phi) is 5.37. The number of aliphatic imine (C=N–C) groups is 1. The molecule has 5 nitrogen and oxygen atoms in total. The Labute approximate surface area is 152 Å². The summed E-state index contributed by atoms with van der Waals surface area (Å²) < 4.78 is 15.9. The molecule has 2 aromatic rings. The number of benzene rings is 2. The maximum atomic E-state index is 12.1. The van der Waals surface area contributed by atoms with E-state index in [1.165, 1.54) is 0 Å². The molecule has 0 aromatic heterocycles. The Morgan fingerprint density at radius 2 is 1.92 bits per heavy atom. The number of carbonyl (C=O) groups excluding carboxylic acids is 1. The van der Waals surface area contributed by atoms with Crippen molar-refractivity contribution in [3.8, 4) is 11.5 Å². The van der Waals surface area contributed by atoms with Crippen molar-refractivity contribution < 1.29 is 19.0 Å². The Morgan fingerprint density at radius 3 is 2.69 bits per heavy atom. The molecule has 0 fully saturated rings. The third-order valence-electron chi connectivity index (χ3n) is 4.10. The van der Waals surface area contributed by atoms with Gasteiger partial charge in [0, 0.05) is 12.0 Å². The van der Waals surface area contributed by atoms with Crippen LogP contribution in [-0.2, 0) is 16.0 Å². The SMILES string of the molecule is COc1cccc(CCC2=N/C(=C/c3cc(C)ccc3OC)C(=O)O2)c1. The molecule has 0 saturated heterocycles. The van der Waals surface area contributed by atoms with E-state index in [1.807, 2.05) is 49.4 Å². The number of hydrogen-bond acceptors (Lipinski definition) is 5. The van der Waals surface area contributed by atoms with Crippen LogP contribution in [0.15, 0.2) is 53.2 Å². The minimum absolute atomic E-state index is 0.287. The van der Waals surface area contributed by atoms with Crippen molar-refractivity contribution in [2.24, 2.45) is 4.99 Å². The van der Waals surface area contributed by atoms with Crippen LogP contribution >= 0.6 is 0 Å². The van der Waals surface area contributed by atoms with E-state index >= 15 is 0 Å². The van der Waals surface area contributed by atoms with Crippen LogP contribution in [0.4, 0.5) is 0 Å². The lowest BCUT2D eigenvalue weighted by Gasteiger charge is -2.05. The van der Waals surface area contributed by atoms with Crippen LogP contribution in [-0.4, -0.2) is 26.1 Å². The van der Waals surface area contributed by atoms with Gasteiger partial charge in [-0.2, -0.15) is 0 Å². The van der Waals surface area contributed by atoms with Crippen LogP contribution in [0.3, 0.4) is 0 Å². The van der Waals surface area contributed by atoms with Gasteiger partial charge in [-0.05, 0) is 49.2 Å². The van der Waals surface area contributed by atoms with Crippen LogP contribution in [0.1, 0.15) is 23.1 Å². The van der Waals surface area contributed by atoms with E-state index in [1.54, 1.807) is 20.3 Å². The van der Waals surface area contributed by atoms with Crippen LogP contribution in [0.25, 0.3) is 6.08 Å². The summed E-state index contributed by atoms with van der Waals surface area (Å²) in [4.78, 5) is 16.5. The van der Waals surface area contributed by atoms with E-state index in [4.69, 9.17) is 14.2 Å². The van der Waals surface area contributed by atoms with Gasteiger partial charge < -0.3 is 14.2 Å². The molecule has 2 aromatic carbocycles. The van der Waals surface area contributed by atoms with Gasteiger partial charge in [-0.3, -0.25) is 0 Å². The van der Waals surface area contributed by atoms with Gasteiger partial charge in [0.25, 0.3) is 0 Å². The van der Waals surface area contributed by atoms with Crippen molar-refractivity contribution in [2.45, 2.75) is 19.8 Å². The molecule has 134 valence electrons. The molecule has 0 bridgehead atoms. The van der Waals surface area contributed by atoms with Crippen molar-refractivity contribution in [3.63, 3.8) is 0 Å². The van der Waals surface area contributed by atoms with Gasteiger partial charge in [-0.25, -0.2) is 9.79 Å². The summed E-state index contributed by atoms with van der Waals surface area (Å²) in [6, 6.07) is 13.6. The molecule has 3 rings (SSSR count). The predicted octanol–water partition coefficient (Wildman–Crippen LogP) is 3.94. The topological polar surface area (TPSA) is 57.1 Å². The van der Waals surface area contributed by atoms with Crippen LogP contribution in [0, 0.1) is 6.92 Å². The Bertz CT molecular complexity index is 883. The highest BCUT2D eigenvalue weighted by Gasteiger charge is 2.23. The largest absolute Gasteiger partial charge is 0.497 e. The molecular weight excluding hydrogens is 330 g/mol. The third-order valence-corrected chi connectivity index (χ3v) is 4.10. The molecule has 0 amide bonds. The summed E-state index contributed by atoms with van der Waals surface area (Å²) in [6.07, 6.45) is 2.96. The summed E-state index contributed by atoms with van der Waals surface area (Å²) in [5.74, 6) is 1.49. The van der Waals surface area contributed by atoms with E-state index in [-0.39, 0.29) is 5.70 Å². The lowest BCUT2D eigenvalue weighted by molar-refractivity contribution is -0.130. The standard InChI is InChI=1S/C21H21NO4/c1-14-7-9-19(25-3)16(11-14)13-18-21(23)26-20(22-18)10-8-15-5-4-6-17(12-15)24-2/h4-7,9,11-13H,8,10H2,1-3H3/b18-13+. The second-order valence-electron chi connectivity index (χ2n) is 6.02. The van der Waals surface area contributed by atoms with Crippen molar-refractivity contribution in [1.82, 2.24) is 0 Å². The van der Waals surface area contributed by atoms with Crippen LogP contribution in [0.5, 0.6) is 11.5 Å². The normalized spacial score (nSPS) is 15.0. The Balaban J connectivity index is 1.75. The highest BCUT2D eigenvalue weighted by Crippen LogP contribution is 2.25. The first-order valence-electron chi connectivity index (χ1n) is 8.38. The van der Waals surface area contributed by atoms with Crippen LogP contribution < -0.4 is 9.47 Å². The number of esters is 1. The molecule has 5 heteroatoms. The maximum absolute atomic E-state index is 12.1. The summed E-state index contributed by atoms with van der Waals surface area (Å²) in [6.45, 7) is 1.98. The number of ether oxygens (including phenoxy) is 3. The summed E-state index contributed by atoms with van der Waals surface area (Å²) >= 11 is 0. The van der Waals surface area contributed by atoms with Gasteiger partial charge in [0.05, 0.1) is 14.2 Å². The number of nitrogens with zero attached hydrogens (tertiary/aromatic N) is 1. The highest BCUT2D eigenvalue weighted by molar-refractivity contribution is 6.07. The maximum Gasteiger partial charge on any atom is 0.363 e. The average molecular weight is 351 g/mol. The number of hydrogen-bond donors (Lipinski definition) is 0. The van der Waals surface area contributed by atoms with Gasteiger partial charge in [-0.1, -0.05) is 23.8 Å². The summed E-state index contributed by atoms with van der Waals surface area (Å²) in [7, 11) is 3.24. The quantitative estimate of drug-likeness (QED) is 0.584. The predicted molar refractivity (Wildman–Crippen MR) is 101 cm³/mol. The van der Waals surface area contributed by atoms with E-state index in [2.05, 4.69) is 4.99 Å². The van der Waals surface area contributed by atoms with E-state index < -0.39 is 5.97 Å². The van der Waals surface area contributed by atoms with Gasteiger partial charge in [0.2, 0.25) is 0 Å². The number of aryl methyl sites for hydroxylation is 2. The van der Waals surface area contributed by atoms with Gasteiger partial charge in [0.1, 0.15) is 11.5 Å². The lowest BCUT2D eigenvalue weighted by Crippen LogP contribution is -2.05. The fraction of sp³-hybridized carbons (Fsp3) is 0.238. The first-order valence-corrected chi connectivity index (χ1v) is 8.38. The van der Waals surface area contributed by atoms with Gasteiger partial charge >= 0.3 is 5.97 Å². The summed E-state index contributed by atoms with van der Waals surface area (Å²) in [5.41, 5.74) is 3.26. The summed E-state index contributed by atoms with van der Waals surface area (Å²) in [5, 5.41) is 0. The lowest BCUT2D eigenvalue weighted by atomic mass is 10.1. The number of cyclic esters (lactones) is 1. The Hall–Kier alpha value is -3.08. The van der Waals surface area contributed by atoms with Crippen molar-refractivity contribution >= 4 is 17.9 Å². The van der Waals surface area contributed by atoms with E-state index in [0.717, 1.165) is 22.4 Å². The first-order chi connectivity index (χ1) is 12.6. The molecule has 0 atom stereocenters. The zero-order chi connectivity index (χ0) is 18.5. The van der Waals surface area contributed by atoms with Crippen molar-refractivity contribution in [3.05, 3.63) is 64.9 Å². The average Bonchev–Trinajstić information content (AvgIpc) is 3.00. The molecule has 0 aliphatic carbocycles. The van der Waals surface area contributed by atoms with E-state index in [0.29, 0.717) is 24.5 Å². The highest BCUT2D eigenvalue weighted by atomic mass is 16.6. The van der Waals surface area contributed by atoms with E-state index in [9.17, 15) is 4.79 Å². The Morgan fingerprint density at radius 1 is 1.08 bits per heavy atom. The minimum Gasteiger partial charge on any atom is -0.497 e. The molecule has 0 N–H and O–H groups in total. The number of methoxy groups -OCH3 is 2. The second kappa shape index (κ2) is 7.87.